The maximum atomic E-state index is 12.4. The molecule has 0 bridgehead atoms. The Bertz CT molecular complexity index is 864. The molecule has 0 radical (unpaired) electrons. The highest BCUT2D eigenvalue weighted by Gasteiger charge is 2.29. The van der Waals surface area contributed by atoms with E-state index in [1.807, 2.05) is 11.0 Å². The average molecular weight is 391 g/mol. The first-order valence-corrected chi connectivity index (χ1v) is 10.6. The lowest BCUT2D eigenvalue weighted by Crippen LogP contribution is -2.43. The molecule has 1 fully saturated rings. The second-order valence-corrected chi connectivity index (χ2v) is 8.08. The van der Waals surface area contributed by atoms with Gasteiger partial charge in [-0.25, -0.2) is 0 Å². The molecule has 2 atom stereocenters. The van der Waals surface area contributed by atoms with Gasteiger partial charge in [-0.2, -0.15) is 0 Å². The van der Waals surface area contributed by atoms with Crippen LogP contribution in [-0.2, 0) is 17.6 Å². The molecule has 2 aliphatic rings. The molecule has 0 aromatic heterocycles. The van der Waals surface area contributed by atoms with Gasteiger partial charge < -0.3 is 15.5 Å². The van der Waals surface area contributed by atoms with E-state index in [-0.39, 0.29) is 5.91 Å². The van der Waals surface area contributed by atoms with Crippen molar-refractivity contribution in [3.05, 3.63) is 71.3 Å². The van der Waals surface area contributed by atoms with Crippen LogP contribution < -0.4 is 10.6 Å². The average Bonchev–Trinajstić information content (AvgIpc) is 3.09. The van der Waals surface area contributed by atoms with E-state index in [1.54, 1.807) is 7.05 Å². The van der Waals surface area contributed by atoms with Gasteiger partial charge in [-0.05, 0) is 29.5 Å². The van der Waals surface area contributed by atoms with Gasteiger partial charge in [0.2, 0.25) is 5.91 Å². The van der Waals surface area contributed by atoms with Gasteiger partial charge >= 0.3 is 0 Å². The van der Waals surface area contributed by atoms with Crippen molar-refractivity contribution in [3.63, 3.8) is 0 Å². The lowest BCUT2D eigenvalue weighted by molar-refractivity contribution is -0.127. The Morgan fingerprint density at radius 2 is 1.79 bits per heavy atom. The highest BCUT2D eigenvalue weighted by atomic mass is 16.2. The largest absolute Gasteiger partial charge is 0.356 e. The van der Waals surface area contributed by atoms with E-state index in [9.17, 15) is 4.79 Å². The number of benzene rings is 2. The monoisotopic (exact) mass is 390 g/mol. The van der Waals surface area contributed by atoms with Gasteiger partial charge in [0.25, 0.3) is 0 Å². The minimum atomic E-state index is 0.266. The summed E-state index contributed by atoms with van der Waals surface area (Å²) in [4.78, 5) is 18.7. The van der Waals surface area contributed by atoms with Gasteiger partial charge in [-0.1, -0.05) is 54.6 Å². The fourth-order valence-electron chi connectivity index (χ4n) is 4.34. The summed E-state index contributed by atoms with van der Waals surface area (Å²) in [6.07, 6.45) is 2.67. The summed E-state index contributed by atoms with van der Waals surface area (Å²) in [5.41, 5.74) is 4.19. The number of hydrogen-bond acceptors (Lipinski definition) is 2. The summed E-state index contributed by atoms with van der Waals surface area (Å²) in [5.74, 6) is 1.99. The van der Waals surface area contributed by atoms with Crippen molar-refractivity contribution in [1.29, 1.82) is 0 Å². The van der Waals surface area contributed by atoms with Gasteiger partial charge in [0, 0.05) is 51.5 Å². The topological polar surface area (TPSA) is 56.7 Å². The van der Waals surface area contributed by atoms with Crippen LogP contribution in [0.1, 0.15) is 29.0 Å². The molecule has 2 unspecified atom stereocenters. The summed E-state index contributed by atoms with van der Waals surface area (Å²) in [6.45, 7) is 3.29. The molecule has 1 saturated heterocycles. The van der Waals surface area contributed by atoms with Crippen LogP contribution in [0.3, 0.4) is 0 Å². The zero-order chi connectivity index (χ0) is 20.1. The van der Waals surface area contributed by atoms with Crippen LogP contribution in [0.5, 0.6) is 0 Å². The van der Waals surface area contributed by atoms with E-state index in [4.69, 9.17) is 0 Å². The fraction of sp³-hybridized carbons (Fsp3) is 0.417. The normalized spacial score (nSPS) is 20.9. The van der Waals surface area contributed by atoms with Crippen molar-refractivity contribution in [1.82, 2.24) is 15.5 Å². The third kappa shape index (κ3) is 4.78. The predicted octanol–water partition coefficient (Wildman–Crippen LogP) is 2.58. The third-order valence-corrected chi connectivity index (χ3v) is 6.07. The number of nitrogens with one attached hydrogen (secondary N) is 2. The van der Waals surface area contributed by atoms with Crippen molar-refractivity contribution in [2.24, 2.45) is 10.9 Å². The van der Waals surface area contributed by atoms with Crippen LogP contribution in [0.4, 0.5) is 0 Å². The third-order valence-electron chi connectivity index (χ3n) is 6.07. The zero-order valence-corrected chi connectivity index (χ0v) is 17.1. The maximum absolute atomic E-state index is 12.4. The summed E-state index contributed by atoms with van der Waals surface area (Å²) in [6, 6.07) is 19.0. The first kappa shape index (κ1) is 19.5. The van der Waals surface area contributed by atoms with Gasteiger partial charge in [0.15, 0.2) is 5.96 Å². The molecule has 2 aromatic carbocycles. The lowest BCUT2D eigenvalue weighted by Gasteiger charge is -2.30. The van der Waals surface area contributed by atoms with Crippen molar-refractivity contribution >= 4 is 11.9 Å². The Hall–Kier alpha value is -2.82. The number of likely N-dealkylation sites (tertiary alicyclic amines) is 1. The lowest BCUT2D eigenvalue weighted by atomic mass is 9.78. The smallest absolute Gasteiger partial charge is 0.223 e. The molecular formula is C24H30N4O. The Morgan fingerprint density at radius 3 is 2.59 bits per heavy atom. The molecule has 5 nitrogen and oxygen atoms in total. The molecule has 5 heteroatoms. The van der Waals surface area contributed by atoms with Gasteiger partial charge in [0.1, 0.15) is 0 Å². The van der Waals surface area contributed by atoms with E-state index in [0.717, 1.165) is 45.0 Å². The van der Waals surface area contributed by atoms with Crippen LogP contribution in [0.2, 0.25) is 0 Å². The molecule has 152 valence electrons. The number of aliphatic imine (C=N–C) groups is 1. The molecule has 0 saturated carbocycles. The first-order valence-electron chi connectivity index (χ1n) is 10.6. The molecular weight excluding hydrogens is 360 g/mol. The van der Waals surface area contributed by atoms with E-state index in [2.05, 4.69) is 64.2 Å². The molecule has 4 rings (SSSR count). The highest BCUT2D eigenvalue weighted by molar-refractivity contribution is 5.81. The molecule has 1 heterocycles. The zero-order valence-electron chi connectivity index (χ0n) is 17.1. The van der Waals surface area contributed by atoms with Crippen LogP contribution in [-0.4, -0.2) is 50.0 Å². The van der Waals surface area contributed by atoms with E-state index in [1.165, 1.54) is 16.7 Å². The van der Waals surface area contributed by atoms with E-state index >= 15 is 0 Å². The Balaban J connectivity index is 1.19. The Kier molecular flexibility index (Phi) is 6.13. The van der Waals surface area contributed by atoms with Crippen LogP contribution >= 0.6 is 0 Å². The van der Waals surface area contributed by atoms with Crippen LogP contribution in [0.25, 0.3) is 0 Å². The number of carbonyl (C=O) groups is 1. The molecule has 1 aliphatic heterocycles. The number of amides is 1. The number of carbonyl (C=O) groups excluding carboxylic acids is 1. The van der Waals surface area contributed by atoms with Crippen LogP contribution in [0, 0.1) is 5.92 Å². The number of nitrogens with zero attached hydrogens (tertiary/aromatic N) is 2. The summed E-state index contributed by atoms with van der Waals surface area (Å²) < 4.78 is 0. The second kappa shape index (κ2) is 9.12. The van der Waals surface area contributed by atoms with E-state index < -0.39 is 0 Å². The van der Waals surface area contributed by atoms with Crippen molar-refractivity contribution in [2.45, 2.75) is 25.2 Å². The maximum Gasteiger partial charge on any atom is 0.223 e. The summed E-state index contributed by atoms with van der Waals surface area (Å²) >= 11 is 0. The van der Waals surface area contributed by atoms with Crippen molar-refractivity contribution in [2.75, 3.05) is 33.2 Å². The molecule has 0 spiro atoms. The molecule has 1 amide bonds. The van der Waals surface area contributed by atoms with Gasteiger partial charge in [0.05, 0.1) is 0 Å². The van der Waals surface area contributed by atoms with Crippen LogP contribution in [0.15, 0.2) is 59.6 Å². The number of fused-ring (bicyclic) bond motifs is 1. The minimum absolute atomic E-state index is 0.266. The summed E-state index contributed by atoms with van der Waals surface area (Å²) in [5, 5.41) is 6.86. The highest BCUT2D eigenvalue weighted by Crippen LogP contribution is 2.33. The Labute approximate surface area is 173 Å². The SMILES string of the molecule is CN=C(NCC1CC(=O)N(CCc2ccccc2)C1)NCC1Cc2ccccc21. The number of rotatable bonds is 7. The van der Waals surface area contributed by atoms with Gasteiger partial charge in [-0.15, -0.1) is 0 Å². The van der Waals surface area contributed by atoms with Crippen molar-refractivity contribution < 1.29 is 4.79 Å². The quantitative estimate of drug-likeness (QED) is 0.564. The first-order chi connectivity index (χ1) is 14.2. The minimum Gasteiger partial charge on any atom is -0.356 e. The molecule has 2 aromatic rings. The second-order valence-electron chi connectivity index (χ2n) is 8.08. The van der Waals surface area contributed by atoms with Gasteiger partial charge in [-0.3, -0.25) is 9.79 Å². The fourth-order valence-corrected chi connectivity index (χ4v) is 4.34. The van der Waals surface area contributed by atoms with Crippen molar-refractivity contribution in [3.8, 4) is 0 Å². The predicted molar refractivity (Wildman–Crippen MR) is 117 cm³/mol. The number of guanidine groups is 1. The van der Waals surface area contributed by atoms with E-state index in [0.29, 0.717) is 18.3 Å². The molecule has 2 N–H and O–H groups in total. The number of hydrogen-bond donors (Lipinski definition) is 2. The molecule has 29 heavy (non-hydrogen) atoms. The Morgan fingerprint density at radius 1 is 1.03 bits per heavy atom. The standard InChI is InChI=1S/C24H30N4O/c1-25-24(27-16-21-14-20-9-5-6-10-22(20)21)26-15-19-13-23(29)28(17-19)12-11-18-7-3-2-4-8-18/h2-10,19,21H,11-17H2,1H3,(H2,25,26,27). The molecule has 1 aliphatic carbocycles. The summed E-state index contributed by atoms with van der Waals surface area (Å²) in [7, 11) is 1.80.